The molecule has 19 heavy (non-hydrogen) atoms. The third-order valence-corrected chi connectivity index (χ3v) is 3.33. The first-order valence-electron chi connectivity index (χ1n) is 6.39. The first-order valence-corrected chi connectivity index (χ1v) is 6.39. The van der Waals surface area contributed by atoms with Crippen LogP contribution in [0, 0.1) is 0 Å². The zero-order valence-electron chi connectivity index (χ0n) is 10.4. The predicted molar refractivity (Wildman–Crippen MR) is 59.5 cm³/mol. The topological polar surface area (TPSA) is 56.0 Å². The zero-order valence-corrected chi connectivity index (χ0v) is 10.4. The maximum Gasteiger partial charge on any atom is 0.450 e. The minimum Gasteiger partial charge on any atom is -0.339 e. The number of ketones is 1. The summed E-state index contributed by atoms with van der Waals surface area (Å²) < 4.78 is 41.1. The van der Waals surface area contributed by atoms with Gasteiger partial charge in [0.2, 0.25) is 11.7 Å². The normalized spacial score (nSPS) is 18.3. The van der Waals surface area contributed by atoms with Gasteiger partial charge in [0.1, 0.15) is 0 Å². The van der Waals surface area contributed by atoms with Gasteiger partial charge in [0, 0.05) is 5.92 Å². The molecule has 1 aromatic heterocycles. The Bertz CT molecular complexity index is 434. The summed E-state index contributed by atoms with van der Waals surface area (Å²) in [6.07, 6.45) is 0.576. The average molecular weight is 276 g/mol. The molecule has 0 aliphatic heterocycles. The van der Waals surface area contributed by atoms with E-state index in [-0.39, 0.29) is 11.8 Å². The van der Waals surface area contributed by atoms with Crippen LogP contribution in [-0.2, 0) is 11.2 Å². The van der Waals surface area contributed by atoms with Crippen molar-refractivity contribution in [2.24, 2.45) is 0 Å². The lowest BCUT2D eigenvalue weighted by atomic mass is 10.00. The summed E-state index contributed by atoms with van der Waals surface area (Å²) in [5, 5.41) is 3.71. The Morgan fingerprint density at radius 3 is 2.42 bits per heavy atom. The Morgan fingerprint density at radius 1 is 1.21 bits per heavy atom. The van der Waals surface area contributed by atoms with Crippen LogP contribution in [0.4, 0.5) is 13.2 Å². The van der Waals surface area contributed by atoms with Crippen LogP contribution in [0.3, 0.4) is 0 Å². The van der Waals surface area contributed by atoms with Gasteiger partial charge in [-0.2, -0.15) is 18.2 Å². The van der Waals surface area contributed by atoms with Gasteiger partial charge in [0.15, 0.2) is 5.82 Å². The molecule has 0 atom stereocenters. The molecule has 7 heteroatoms. The van der Waals surface area contributed by atoms with Gasteiger partial charge in [-0.3, -0.25) is 4.79 Å². The van der Waals surface area contributed by atoms with Crippen molar-refractivity contribution in [3.05, 3.63) is 11.7 Å². The van der Waals surface area contributed by atoms with Gasteiger partial charge < -0.3 is 4.52 Å². The van der Waals surface area contributed by atoms with Gasteiger partial charge in [-0.15, -0.1) is 0 Å². The maximum absolute atomic E-state index is 12.1. The third-order valence-electron chi connectivity index (χ3n) is 3.33. The van der Waals surface area contributed by atoms with E-state index in [1.54, 1.807) is 0 Å². The Balaban J connectivity index is 2.00. The zero-order chi connectivity index (χ0) is 13.9. The number of carbonyl (C=O) groups is 1. The van der Waals surface area contributed by atoms with Crippen LogP contribution >= 0.6 is 0 Å². The third kappa shape index (κ3) is 3.78. The Hall–Kier alpha value is -1.40. The van der Waals surface area contributed by atoms with E-state index in [2.05, 4.69) is 10.1 Å². The van der Waals surface area contributed by atoms with Crippen molar-refractivity contribution in [1.82, 2.24) is 10.1 Å². The van der Waals surface area contributed by atoms with Gasteiger partial charge in [-0.25, -0.2) is 0 Å². The van der Waals surface area contributed by atoms with E-state index in [0.29, 0.717) is 5.82 Å². The van der Waals surface area contributed by atoms with E-state index in [4.69, 9.17) is 4.52 Å². The number of hydrogen-bond donors (Lipinski definition) is 0. The standard InChI is InChI=1S/C12H15F3N2O2/c13-12(14,15)9(18)7-10-16-11(17-19-10)8-5-3-1-2-4-6-8/h8H,1-7H2. The van der Waals surface area contributed by atoms with Gasteiger partial charge in [-0.1, -0.05) is 30.8 Å². The van der Waals surface area contributed by atoms with Crippen molar-refractivity contribution in [3.63, 3.8) is 0 Å². The van der Waals surface area contributed by atoms with Crippen molar-refractivity contribution in [2.75, 3.05) is 0 Å². The molecule has 1 fully saturated rings. The van der Waals surface area contributed by atoms with E-state index in [1.807, 2.05) is 0 Å². The molecule has 0 radical (unpaired) electrons. The number of hydrogen-bond acceptors (Lipinski definition) is 4. The van der Waals surface area contributed by atoms with Crippen LogP contribution in [0.2, 0.25) is 0 Å². The lowest BCUT2D eigenvalue weighted by Crippen LogP contribution is -2.24. The average Bonchev–Trinajstić information content (AvgIpc) is 2.62. The highest BCUT2D eigenvalue weighted by Gasteiger charge is 2.39. The number of aromatic nitrogens is 2. The Morgan fingerprint density at radius 2 is 1.84 bits per heavy atom. The number of halogens is 3. The van der Waals surface area contributed by atoms with E-state index in [9.17, 15) is 18.0 Å². The first kappa shape index (κ1) is 14.0. The fraction of sp³-hybridized carbons (Fsp3) is 0.750. The fourth-order valence-corrected chi connectivity index (χ4v) is 2.28. The fourth-order valence-electron chi connectivity index (χ4n) is 2.28. The Labute approximate surface area is 108 Å². The van der Waals surface area contributed by atoms with E-state index < -0.39 is 18.4 Å². The van der Waals surface area contributed by atoms with E-state index in [1.165, 1.54) is 0 Å². The molecule has 0 aromatic carbocycles. The highest BCUT2D eigenvalue weighted by molar-refractivity contribution is 5.85. The summed E-state index contributed by atoms with van der Waals surface area (Å²) >= 11 is 0. The number of Topliss-reactive ketones (excluding diaryl/α,β-unsaturated/α-hetero) is 1. The number of alkyl halides is 3. The molecule has 0 amide bonds. The highest BCUT2D eigenvalue weighted by atomic mass is 19.4. The minimum atomic E-state index is -4.85. The molecule has 0 bridgehead atoms. The molecule has 1 heterocycles. The molecular formula is C12H15F3N2O2. The summed E-state index contributed by atoms with van der Waals surface area (Å²) in [5.41, 5.74) is 0. The van der Waals surface area contributed by atoms with Gasteiger partial charge in [0.25, 0.3) is 0 Å². The van der Waals surface area contributed by atoms with Crippen molar-refractivity contribution in [2.45, 2.75) is 57.0 Å². The molecule has 1 saturated carbocycles. The lowest BCUT2D eigenvalue weighted by Gasteiger charge is -2.07. The molecule has 0 N–H and O–H groups in total. The summed E-state index contributed by atoms with van der Waals surface area (Å²) in [7, 11) is 0. The van der Waals surface area contributed by atoms with Gasteiger partial charge >= 0.3 is 6.18 Å². The van der Waals surface area contributed by atoms with E-state index >= 15 is 0 Å². The second kappa shape index (κ2) is 5.71. The molecule has 106 valence electrons. The summed E-state index contributed by atoms with van der Waals surface area (Å²) in [5.74, 6) is -1.53. The summed E-state index contributed by atoms with van der Waals surface area (Å²) in [4.78, 5) is 14.8. The molecule has 0 spiro atoms. The molecular weight excluding hydrogens is 261 g/mol. The quantitative estimate of drug-likeness (QED) is 0.796. The minimum absolute atomic E-state index is 0.140. The number of carbonyl (C=O) groups excluding carboxylic acids is 1. The Kier molecular flexibility index (Phi) is 4.21. The first-order chi connectivity index (χ1) is 8.97. The lowest BCUT2D eigenvalue weighted by molar-refractivity contribution is -0.170. The molecule has 0 saturated heterocycles. The molecule has 2 rings (SSSR count). The van der Waals surface area contributed by atoms with Crippen molar-refractivity contribution < 1.29 is 22.5 Å². The monoisotopic (exact) mass is 276 g/mol. The van der Waals surface area contributed by atoms with Crippen LogP contribution in [0.15, 0.2) is 4.52 Å². The highest BCUT2D eigenvalue weighted by Crippen LogP contribution is 2.30. The van der Waals surface area contributed by atoms with Crippen molar-refractivity contribution in [1.29, 1.82) is 0 Å². The van der Waals surface area contributed by atoms with Crippen LogP contribution in [-0.4, -0.2) is 22.1 Å². The molecule has 1 aliphatic carbocycles. The van der Waals surface area contributed by atoms with Crippen molar-refractivity contribution in [3.8, 4) is 0 Å². The number of nitrogens with zero attached hydrogens (tertiary/aromatic N) is 2. The van der Waals surface area contributed by atoms with Crippen LogP contribution in [0.1, 0.15) is 56.2 Å². The summed E-state index contributed by atoms with van der Waals surface area (Å²) in [6.45, 7) is 0. The molecule has 1 aromatic rings. The largest absolute Gasteiger partial charge is 0.450 e. The molecule has 4 nitrogen and oxygen atoms in total. The second-order valence-electron chi connectivity index (χ2n) is 4.83. The predicted octanol–water partition coefficient (Wildman–Crippen LogP) is 3.18. The van der Waals surface area contributed by atoms with Crippen LogP contribution in [0.25, 0.3) is 0 Å². The van der Waals surface area contributed by atoms with Crippen LogP contribution in [0.5, 0.6) is 0 Å². The SMILES string of the molecule is O=C(Cc1nc(C2CCCCCC2)no1)C(F)(F)F. The second-order valence-corrected chi connectivity index (χ2v) is 4.83. The maximum atomic E-state index is 12.1. The van der Waals surface area contributed by atoms with Crippen LogP contribution < -0.4 is 0 Å². The van der Waals surface area contributed by atoms with Gasteiger partial charge in [-0.05, 0) is 12.8 Å². The van der Waals surface area contributed by atoms with E-state index in [0.717, 1.165) is 38.5 Å². The molecule has 1 aliphatic rings. The summed E-state index contributed by atoms with van der Waals surface area (Å²) in [6, 6.07) is 0. The van der Waals surface area contributed by atoms with Gasteiger partial charge in [0.05, 0.1) is 6.42 Å². The van der Waals surface area contributed by atoms with Crippen molar-refractivity contribution >= 4 is 5.78 Å². The number of rotatable bonds is 3. The molecule has 0 unspecified atom stereocenters. The smallest absolute Gasteiger partial charge is 0.339 e.